The molecule has 0 unspecified atom stereocenters. The van der Waals surface area contributed by atoms with E-state index in [1.54, 1.807) is 36.4 Å². The highest BCUT2D eigenvalue weighted by Gasteiger charge is 2.40. The van der Waals surface area contributed by atoms with Crippen molar-refractivity contribution in [3.63, 3.8) is 0 Å². The fourth-order valence-corrected chi connectivity index (χ4v) is 4.23. The van der Waals surface area contributed by atoms with Gasteiger partial charge < -0.3 is 20.1 Å². The highest BCUT2D eigenvalue weighted by atomic mass is 16.6. The molecule has 9 nitrogen and oxygen atoms in total. The molecule has 4 amide bonds. The van der Waals surface area contributed by atoms with Crippen molar-refractivity contribution in [3.05, 3.63) is 108 Å². The van der Waals surface area contributed by atoms with Crippen LogP contribution in [0.2, 0.25) is 0 Å². The summed E-state index contributed by atoms with van der Waals surface area (Å²) in [4.78, 5) is 54.4. The van der Waals surface area contributed by atoms with E-state index in [1.807, 2.05) is 68.4 Å². The lowest BCUT2D eigenvalue weighted by Crippen LogP contribution is -2.58. The third-order valence-electron chi connectivity index (χ3n) is 6.28. The van der Waals surface area contributed by atoms with Gasteiger partial charge in [0.05, 0.1) is 0 Å². The topological polar surface area (TPSA) is 114 Å². The first-order valence-corrected chi connectivity index (χ1v) is 13.5. The summed E-state index contributed by atoms with van der Waals surface area (Å²) in [6.45, 7) is 3.68. The monoisotopic (exact) mass is 559 g/mol. The summed E-state index contributed by atoms with van der Waals surface area (Å²) in [7, 11) is 1.43. The quantitative estimate of drug-likeness (QED) is 0.328. The summed E-state index contributed by atoms with van der Waals surface area (Å²) in [6.07, 6.45) is -1.55. The maximum atomic E-state index is 14.1. The molecule has 9 heteroatoms. The molecule has 216 valence electrons. The minimum atomic E-state index is -1.23. The first-order chi connectivity index (χ1) is 19.8. The average Bonchev–Trinajstić information content (AvgIpc) is 2.99. The highest BCUT2D eigenvalue weighted by molar-refractivity contribution is 6.01. The van der Waals surface area contributed by atoms with Crippen LogP contribution >= 0.6 is 0 Å². The summed E-state index contributed by atoms with van der Waals surface area (Å²) >= 11 is 0. The smallest absolute Gasteiger partial charge is 0.417 e. The molecule has 3 rings (SSSR count). The molecule has 3 aromatic carbocycles. The van der Waals surface area contributed by atoms with Crippen LogP contribution in [0.1, 0.15) is 37.0 Å². The minimum Gasteiger partial charge on any atom is -0.445 e. The van der Waals surface area contributed by atoms with Gasteiger partial charge in [0, 0.05) is 13.5 Å². The first kappa shape index (κ1) is 30.9. The summed E-state index contributed by atoms with van der Waals surface area (Å²) in [6, 6.07) is 24.8. The van der Waals surface area contributed by atoms with Crippen molar-refractivity contribution in [2.75, 3.05) is 7.05 Å². The van der Waals surface area contributed by atoms with Gasteiger partial charge in [-0.3, -0.25) is 9.59 Å². The van der Waals surface area contributed by atoms with E-state index in [-0.39, 0.29) is 32.0 Å². The lowest BCUT2D eigenvalue weighted by molar-refractivity contribution is -0.140. The fraction of sp³-hybridized carbons (Fsp3) is 0.312. The second-order valence-corrected chi connectivity index (χ2v) is 9.96. The lowest BCUT2D eigenvalue weighted by Gasteiger charge is -2.32. The normalized spacial score (nSPS) is 12.1. The number of carbonyl (C=O) groups excluding carboxylic acids is 4. The number of nitrogens with zero attached hydrogens (tertiary/aromatic N) is 1. The molecule has 0 saturated carbocycles. The highest BCUT2D eigenvalue weighted by Crippen LogP contribution is 2.17. The van der Waals surface area contributed by atoms with Crippen molar-refractivity contribution < 1.29 is 28.7 Å². The van der Waals surface area contributed by atoms with Crippen LogP contribution in [-0.4, -0.2) is 48.0 Å². The Kier molecular flexibility index (Phi) is 11.9. The van der Waals surface area contributed by atoms with Gasteiger partial charge in [-0.15, -0.1) is 0 Å². The summed E-state index contributed by atoms with van der Waals surface area (Å²) in [5.41, 5.74) is 2.24. The Morgan fingerprint density at radius 3 is 1.71 bits per heavy atom. The SMILES string of the molecule is CNC(=O)[C@H](Cc1ccccc1)N(C(=O)OCc1ccccc1)C(=O)[C@H](CC(C)C)NC(=O)OCc1ccccc1. The van der Waals surface area contributed by atoms with Crippen molar-refractivity contribution in [2.24, 2.45) is 5.92 Å². The molecule has 0 spiro atoms. The number of imide groups is 1. The Bertz CT molecular complexity index is 1270. The van der Waals surface area contributed by atoms with E-state index in [9.17, 15) is 19.2 Å². The van der Waals surface area contributed by atoms with Crippen molar-refractivity contribution in [1.29, 1.82) is 0 Å². The van der Waals surface area contributed by atoms with Gasteiger partial charge in [0.2, 0.25) is 5.91 Å². The minimum absolute atomic E-state index is 0.00691. The van der Waals surface area contributed by atoms with Gasteiger partial charge in [0.1, 0.15) is 25.3 Å². The zero-order valence-electron chi connectivity index (χ0n) is 23.6. The summed E-state index contributed by atoms with van der Waals surface area (Å²) in [5.74, 6) is -1.35. The van der Waals surface area contributed by atoms with Crippen molar-refractivity contribution >= 4 is 24.0 Å². The van der Waals surface area contributed by atoms with Gasteiger partial charge in [0.15, 0.2) is 0 Å². The van der Waals surface area contributed by atoms with Crippen LogP contribution in [0, 0.1) is 5.92 Å². The number of carbonyl (C=O) groups is 4. The van der Waals surface area contributed by atoms with Gasteiger partial charge in [-0.1, -0.05) is 105 Å². The number of likely N-dealkylation sites (N-methyl/N-ethyl adjacent to an activating group) is 1. The molecule has 2 atom stereocenters. The zero-order chi connectivity index (χ0) is 29.6. The summed E-state index contributed by atoms with van der Waals surface area (Å²) < 4.78 is 10.9. The maximum absolute atomic E-state index is 14.1. The predicted molar refractivity (Wildman–Crippen MR) is 154 cm³/mol. The number of alkyl carbamates (subject to hydrolysis) is 1. The molecule has 0 fully saturated rings. The summed E-state index contributed by atoms with van der Waals surface area (Å²) in [5, 5.41) is 5.17. The van der Waals surface area contributed by atoms with Gasteiger partial charge in [-0.25, -0.2) is 14.5 Å². The second-order valence-electron chi connectivity index (χ2n) is 9.96. The third kappa shape index (κ3) is 9.79. The van der Waals surface area contributed by atoms with Gasteiger partial charge in [-0.2, -0.15) is 0 Å². The Labute approximate surface area is 240 Å². The number of benzene rings is 3. The average molecular weight is 560 g/mol. The van der Waals surface area contributed by atoms with Crippen molar-refractivity contribution in [2.45, 2.75) is 52.0 Å². The van der Waals surface area contributed by atoms with Crippen LogP contribution in [0.15, 0.2) is 91.0 Å². The predicted octanol–water partition coefficient (Wildman–Crippen LogP) is 4.85. The second kappa shape index (κ2) is 15.8. The van der Waals surface area contributed by atoms with E-state index in [1.165, 1.54) is 7.05 Å². The molecule has 0 bridgehead atoms. The first-order valence-electron chi connectivity index (χ1n) is 13.5. The van der Waals surface area contributed by atoms with Crippen LogP contribution in [0.5, 0.6) is 0 Å². The van der Waals surface area contributed by atoms with E-state index >= 15 is 0 Å². The van der Waals surface area contributed by atoms with E-state index in [0.29, 0.717) is 5.56 Å². The Balaban J connectivity index is 1.89. The molecular formula is C32H37N3O6. The molecule has 0 aromatic heterocycles. The number of hydrogen-bond acceptors (Lipinski definition) is 6. The zero-order valence-corrected chi connectivity index (χ0v) is 23.6. The van der Waals surface area contributed by atoms with Crippen molar-refractivity contribution in [3.8, 4) is 0 Å². The van der Waals surface area contributed by atoms with Gasteiger partial charge >= 0.3 is 12.2 Å². The standard InChI is InChI=1S/C32H37N3O6/c1-23(2)19-27(34-31(38)40-21-25-15-9-5-10-16-25)30(37)35(32(39)41-22-26-17-11-6-12-18-26)28(29(36)33-3)20-24-13-7-4-8-14-24/h4-18,23,27-28H,19-22H2,1-3H3,(H,33,36)(H,34,38)/t27-,28-/m0/s1. The molecule has 2 N–H and O–H groups in total. The number of nitrogens with one attached hydrogen (secondary N) is 2. The van der Waals surface area contributed by atoms with E-state index in [4.69, 9.17) is 9.47 Å². The number of rotatable bonds is 12. The van der Waals surface area contributed by atoms with Crippen molar-refractivity contribution in [1.82, 2.24) is 15.5 Å². The van der Waals surface area contributed by atoms with Crippen LogP contribution in [0.4, 0.5) is 9.59 Å². The molecule has 0 aliphatic heterocycles. The third-order valence-corrected chi connectivity index (χ3v) is 6.28. The van der Waals surface area contributed by atoms with Crippen LogP contribution in [-0.2, 0) is 38.7 Å². The largest absolute Gasteiger partial charge is 0.445 e. The fourth-order valence-electron chi connectivity index (χ4n) is 4.23. The Hall–Kier alpha value is -4.66. The molecule has 0 aliphatic rings. The van der Waals surface area contributed by atoms with Crippen LogP contribution in [0.3, 0.4) is 0 Å². The molecular weight excluding hydrogens is 522 g/mol. The molecule has 0 saturated heterocycles. The Morgan fingerprint density at radius 2 is 1.22 bits per heavy atom. The molecule has 3 aromatic rings. The lowest BCUT2D eigenvalue weighted by atomic mass is 9.99. The van der Waals surface area contributed by atoms with E-state index in [2.05, 4.69) is 10.6 Å². The van der Waals surface area contributed by atoms with E-state index < -0.39 is 36.1 Å². The van der Waals surface area contributed by atoms with Crippen LogP contribution in [0.25, 0.3) is 0 Å². The van der Waals surface area contributed by atoms with Crippen LogP contribution < -0.4 is 10.6 Å². The maximum Gasteiger partial charge on any atom is 0.417 e. The molecule has 0 radical (unpaired) electrons. The molecule has 0 aliphatic carbocycles. The number of ether oxygens (including phenoxy) is 2. The van der Waals surface area contributed by atoms with E-state index in [0.717, 1.165) is 16.0 Å². The van der Waals surface area contributed by atoms with Gasteiger partial charge in [-0.05, 0) is 29.0 Å². The number of amides is 4. The number of hydrogen-bond donors (Lipinski definition) is 2. The van der Waals surface area contributed by atoms with Gasteiger partial charge in [0.25, 0.3) is 5.91 Å². The molecule has 41 heavy (non-hydrogen) atoms. The Morgan fingerprint density at radius 1 is 0.732 bits per heavy atom. The molecule has 0 heterocycles.